The fourth-order valence-electron chi connectivity index (χ4n) is 2.42. The zero-order valence-electron chi connectivity index (χ0n) is 16.1. The standard InChI is InChI=1S/C19H21ClN2O2.C2H2O4/c20-17-9-8-16(14-21)19(13-17)24-18(7-4-10-22-11-12-23)15-5-2-1-3-6-15;3-1(4)2(5)6/h1-3,5-6,8-9,13,18,22-23H,4,7,10-12H2;(H,3,4)(H,5,6)/t18-;/m1./s1. The molecule has 0 saturated heterocycles. The second-order valence-electron chi connectivity index (χ2n) is 6.00. The van der Waals surface area contributed by atoms with Gasteiger partial charge in [0.1, 0.15) is 17.9 Å². The molecule has 30 heavy (non-hydrogen) atoms. The van der Waals surface area contributed by atoms with Gasteiger partial charge < -0.3 is 25.4 Å². The number of hydrogen-bond acceptors (Lipinski definition) is 6. The zero-order chi connectivity index (χ0) is 22.4. The molecule has 0 aliphatic heterocycles. The molecule has 0 heterocycles. The summed E-state index contributed by atoms with van der Waals surface area (Å²) in [5.41, 5.74) is 1.53. The van der Waals surface area contributed by atoms with Crippen molar-refractivity contribution in [2.45, 2.75) is 18.9 Å². The molecule has 0 spiro atoms. The number of halogens is 1. The van der Waals surface area contributed by atoms with E-state index in [1.54, 1.807) is 18.2 Å². The Hall–Kier alpha value is -3.12. The molecule has 0 radical (unpaired) electrons. The van der Waals surface area contributed by atoms with Gasteiger partial charge in [-0.25, -0.2) is 9.59 Å². The Morgan fingerprint density at radius 2 is 1.77 bits per heavy atom. The van der Waals surface area contributed by atoms with Gasteiger partial charge in [0, 0.05) is 17.6 Å². The van der Waals surface area contributed by atoms with Crippen molar-refractivity contribution in [2.75, 3.05) is 19.7 Å². The van der Waals surface area contributed by atoms with Gasteiger partial charge in [-0.05, 0) is 37.1 Å². The Morgan fingerprint density at radius 1 is 1.10 bits per heavy atom. The van der Waals surface area contributed by atoms with Crippen LogP contribution in [0.1, 0.15) is 30.1 Å². The fourth-order valence-corrected chi connectivity index (χ4v) is 2.58. The van der Waals surface area contributed by atoms with E-state index in [0.717, 1.165) is 24.9 Å². The van der Waals surface area contributed by atoms with Crippen LogP contribution in [0.2, 0.25) is 5.02 Å². The fraction of sp³-hybridized carbons (Fsp3) is 0.286. The van der Waals surface area contributed by atoms with Crippen LogP contribution in [0.4, 0.5) is 0 Å². The van der Waals surface area contributed by atoms with Crippen LogP contribution in [0.3, 0.4) is 0 Å². The number of aliphatic carboxylic acids is 2. The van der Waals surface area contributed by atoms with Crippen LogP contribution < -0.4 is 10.1 Å². The number of rotatable bonds is 9. The molecule has 0 amide bonds. The number of carbonyl (C=O) groups is 2. The number of hydrogen-bond donors (Lipinski definition) is 4. The molecule has 0 bridgehead atoms. The van der Waals surface area contributed by atoms with Gasteiger partial charge in [0.2, 0.25) is 0 Å². The van der Waals surface area contributed by atoms with Crippen LogP contribution in [0, 0.1) is 11.3 Å². The number of carboxylic acid groups (broad SMARTS) is 2. The molecule has 9 heteroatoms. The SMILES string of the molecule is N#Cc1ccc(Cl)cc1O[C@H](CCCNCCO)c1ccccc1.O=C(O)C(=O)O. The first-order valence-corrected chi connectivity index (χ1v) is 9.45. The number of aliphatic hydroxyl groups excluding tert-OH is 1. The molecule has 0 unspecified atom stereocenters. The number of nitrogens with one attached hydrogen (secondary N) is 1. The molecule has 0 aliphatic rings. The predicted octanol–water partition coefficient (Wildman–Crippen LogP) is 2.85. The summed E-state index contributed by atoms with van der Waals surface area (Å²) in [5.74, 6) is -3.15. The van der Waals surface area contributed by atoms with Gasteiger partial charge >= 0.3 is 11.9 Å². The average Bonchev–Trinajstić information content (AvgIpc) is 2.74. The molecule has 2 aromatic carbocycles. The first-order valence-electron chi connectivity index (χ1n) is 9.08. The number of benzene rings is 2. The van der Waals surface area contributed by atoms with Crippen LogP contribution in [0.25, 0.3) is 0 Å². The zero-order valence-corrected chi connectivity index (χ0v) is 16.9. The molecule has 160 valence electrons. The van der Waals surface area contributed by atoms with Gasteiger partial charge in [-0.15, -0.1) is 0 Å². The van der Waals surface area contributed by atoms with Crippen LogP contribution in [0.15, 0.2) is 48.5 Å². The molecule has 2 aromatic rings. The van der Waals surface area contributed by atoms with Gasteiger partial charge in [-0.3, -0.25) is 0 Å². The van der Waals surface area contributed by atoms with Gasteiger partial charge in [-0.1, -0.05) is 41.9 Å². The van der Waals surface area contributed by atoms with E-state index in [1.807, 2.05) is 30.3 Å². The molecule has 0 fully saturated rings. The normalized spacial score (nSPS) is 10.8. The highest BCUT2D eigenvalue weighted by Crippen LogP contribution is 2.30. The highest BCUT2D eigenvalue weighted by molar-refractivity contribution is 6.30. The van der Waals surface area contributed by atoms with Gasteiger partial charge in [-0.2, -0.15) is 5.26 Å². The summed E-state index contributed by atoms with van der Waals surface area (Å²) in [7, 11) is 0. The monoisotopic (exact) mass is 434 g/mol. The van der Waals surface area contributed by atoms with E-state index in [-0.39, 0.29) is 12.7 Å². The smallest absolute Gasteiger partial charge is 0.414 e. The Morgan fingerprint density at radius 3 is 2.33 bits per heavy atom. The molecule has 4 N–H and O–H groups in total. The highest BCUT2D eigenvalue weighted by Gasteiger charge is 2.15. The number of aliphatic hydroxyl groups is 1. The van der Waals surface area contributed by atoms with Gasteiger partial charge in [0.25, 0.3) is 0 Å². The lowest BCUT2D eigenvalue weighted by atomic mass is 10.0. The van der Waals surface area contributed by atoms with E-state index in [0.29, 0.717) is 22.9 Å². The Labute approximate surface area is 179 Å². The molecule has 8 nitrogen and oxygen atoms in total. The van der Waals surface area contributed by atoms with Gasteiger partial charge in [0.15, 0.2) is 0 Å². The Balaban J connectivity index is 0.000000656. The third kappa shape index (κ3) is 9.39. The number of nitriles is 1. The molecular formula is C21H23ClN2O6. The minimum absolute atomic E-state index is 0.132. The van der Waals surface area contributed by atoms with Crippen molar-refractivity contribution in [3.8, 4) is 11.8 Å². The third-order valence-electron chi connectivity index (χ3n) is 3.80. The van der Waals surface area contributed by atoms with Crippen molar-refractivity contribution in [3.05, 3.63) is 64.7 Å². The summed E-state index contributed by atoms with van der Waals surface area (Å²) in [6, 6.07) is 17.1. The van der Waals surface area contributed by atoms with Crippen molar-refractivity contribution in [3.63, 3.8) is 0 Å². The third-order valence-corrected chi connectivity index (χ3v) is 4.03. The summed E-state index contributed by atoms with van der Waals surface area (Å²) in [6.45, 7) is 1.52. The molecule has 0 aliphatic carbocycles. The lowest BCUT2D eigenvalue weighted by Crippen LogP contribution is -2.20. The summed E-state index contributed by atoms with van der Waals surface area (Å²) >= 11 is 6.04. The van der Waals surface area contributed by atoms with Crippen LogP contribution in [-0.2, 0) is 9.59 Å². The van der Waals surface area contributed by atoms with Gasteiger partial charge in [0.05, 0.1) is 12.2 Å². The molecule has 2 rings (SSSR count). The minimum atomic E-state index is -1.82. The minimum Gasteiger partial charge on any atom is -0.484 e. The van der Waals surface area contributed by atoms with Crippen molar-refractivity contribution in [1.82, 2.24) is 5.32 Å². The predicted molar refractivity (Wildman–Crippen MR) is 110 cm³/mol. The lowest BCUT2D eigenvalue weighted by molar-refractivity contribution is -0.159. The van der Waals surface area contributed by atoms with E-state index in [2.05, 4.69) is 11.4 Å². The summed E-state index contributed by atoms with van der Waals surface area (Å²) in [5, 5.41) is 36.5. The number of carboxylic acids is 2. The van der Waals surface area contributed by atoms with E-state index in [1.165, 1.54) is 0 Å². The Bertz CT molecular complexity index is 842. The first kappa shape index (κ1) is 24.9. The number of nitrogens with zero attached hydrogens (tertiary/aromatic N) is 1. The van der Waals surface area contributed by atoms with E-state index in [4.69, 9.17) is 41.2 Å². The maximum absolute atomic E-state index is 9.26. The van der Waals surface area contributed by atoms with E-state index in [9.17, 15) is 5.26 Å². The summed E-state index contributed by atoms with van der Waals surface area (Å²) < 4.78 is 6.13. The van der Waals surface area contributed by atoms with Crippen molar-refractivity contribution < 1.29 is 29.6 Å². The molecule has 0 aromatic heterocycles. The maximum atomic E-state index is 9.26. The second-order valence-corrected chi connectivity index (χ2v) is 6.43. The second kappa shape index (κ2) is 14.0. The first-order chi connectivity index (χ1) is 14.4. The highest BCUT2D eigenvalue weighted by atomic mass is 35.5. The topological polar surface area (TPSA) is 140 Å². The summed E-state index contributed by atoms with van der Waals surface area (Å²) in [6.07, 6.45) is 1.52. The maximum Gasteiger partial charge on any atom is 0.414 e. The lowest BCUT2D eigenvalue weighted by Gasteiger charge is -2.20. The number of ether oxygens (including phenoxy) is 1. The quantitative estimate of drug-likeness (QED) is 0.349. The average molecular weight is 435 g/mol. The van der Waals surface area contributed by atoms with Crippen molar-refractivity contribution in [1.29, 1.82) is 5.26 Å². The van der Waals surface area contributed by atoms with Crippen molar-refractivity contribution in [2.24, 2.45) is 0 Å². The van der Waals surface area contributed by atoms with Crippen molar-refractivity contribution >= 4 is 23.5 Å². The largest absolute Gasteiger partial charge is 0.484 e. The van der Waals surface area contributed by atoms with E-state index < -0.39 is 11.9 Å². The van der Waals surface area contributed by atoms with Crippen LogP contribution in [0.5, 0.6) is 5.75 Å². The van der Waals surface area contributed by atoms with E-state index >= 15 is 0 Å². The Kier molecular flexibility index (Phi) is 11.6. The molecule has 0 saturated carbocycles. The molecule has 1 atom stereocenters. The summed E-state index contributed by atoms with van der Waals surface area (Å²) in [4.78, 5) is 18.2. The van der Waals surface area contributed by atoms with Crippen LogP contribution in [-0.4, -0.2) is 47.0 Å². The van der Waals surface area contributed by atoms with Crippen LogP contribution >= 0.6 is 11.6 Å². The molecular weight excluding hydrogens is 412 g/mol.